The van der Waals surface area contributed by atoms with Gasteiger partial charge in [-0.05, 0) is 30.7 Å². The van der Waals surface area contributed by atoms with E-state index in [0.717, 1.165) is 17.7 Å². The van der Waals surface area contributed by atoms with Gasteiger partial charge >= 0.3 is 6.18 Å². The average Bonchev–Trinajstić information content (AvgIpc) is 2.27. The zero-order chi connectivity index (χ0) is 13.3. The second-order valence-electron chi connectivity index (χ2n) is 3.91. The summed E-state index contributed by atoms with van der Waals surface area (Å²) in [7, 11) is 0. The van der Waals surface area contributed by atoms with E-state index in [1.54, 1.807) is 19.2 Å². The lowest BCUT2D eigenvalue weighted by Gasteiger charge is -2.09. The molecule has 0 aliphatic heterocycles. The fourth-order valence-corrected chi connectivity index (χ4v) is 1.56. The first-order valence-electron chi connectivity index (χ1n) is 5.13. The number of nitrogens with zero attached hydrogens (tertiary/aromatic N) is 2. The summed E-state index contributed by atoms with van der Waals surface area (Å²) in [4.78, 5) is 7.82. The Balaban J connectivity index is 2.55. The van der Waals surface area contributed by atoms with E-state index in [2.05, 4.69) is 9.97 Å². The molecule has 2 rings (SSSR count). The molecule has 0 aliphatic rings. The maximum absolute atomic E-state index is 12.6. The third-order valence-electron chi connectivity index (χ3n) is 2.34. The Bertz CT molecular complexity index is 579. The highest BCUT2D eigenvalue weighted by Gasteiger charge is 2.31. The maximum Gasteiger partial charge on any atom is 0.416 e. The van der Waals surface area contributed by atoms with Crippen molar-refractivity contribution in [2.45, 2.75) is 13.1 Å². The van der Waals surface area contributed by atoms with Crippen LogP contribution in [0.5, 0.6) is 0 Å². The number of hydrogen-bond acceptors (Lipinski definition) is 3. The Labute approximate surface area is 101 Å². The molecule has 0 aliphatic carbocycles. The maximum atomic E-state index is 12.6. The molecular formula is C12H10F3N3. The van der Waals surface area contributed by atoms with Gasteiger partial charge in [-0.25, -0.2) is 4.98 Å². The summed E-state index contributed by atoms with van der Waals surface area (Å²) in [5, 5.41) is 0. The van der Waals surface area contributed by atoms with Crippen molar-refractivity contribution >= 4 is 5.82 Å². The van der Waals surface area contributed by atoms with Crippen molar-refractivity contribution in [3.63, 3.8) is 0 Å². The molecule has 0 saturated heterocycles. The van der Waals surface area contributed by atoms with E-state index in [9.17, 15) is 13.2 Å². The van der Waals surface area contributed by atoms with Crippen molar-refractivity contribution < 1.29 is 13.2 Å². The minimum Gasteiger partial charge on any atom is -0.384 e. The highest BCUT2D eigenvalue weighted by molar-refractivity contribution is 5.62. The van der Waals surface area contributed by atoms with E-state index in [4.69, 9.17) is 5.73 Å². The number of hydrogen-bond donors (Lipinski definition) is 1. The third-order valence-corrected chi connectivity index (χ3v) is 2.34. The molecule has 0 aromatic carbocycles. The Hall–Kier alpha value is -2.11. The predicted octanol–water partition coefficient (Wildman–Crippen LogP) is 3.05. The Morgan fingerprint density at radius 2 is 1.83 bits per heavy atom. The number of nitrogen functional groups attached to an aromatic ring is 1. The fraction of sp³-hybridized carbons (Fsp3) is 0.167. The Morgan fingerprint density at radius 1 is 1.11 bits per heavy atom. The minimum absolute atomic E-state index is 0.165. The number of alkyl halides is 3. The van der Waals surface area contributed by atoms with Crippen molar-refractivity contribution in [3.8, 4) is 11.3 Å². The molecule has 0 radical (unpaired) electrons. The highest BCUT2D eigenvalue weighted by Crippen LogP contribution is 2.32. The molecular weight excluding hydrogens is 243 g/mol. The predicted molar refractivity (Wildman–Crippen MR) is 61.6 cm³/mol. The number of aryl methyl sites for hydroxylation is 1. The second-order valence-corrected chi connectivity index (χ2v) is 3.91. The molecule has 0 amide bonds. The van der Waals surface area contributed by atoms with Crippen molar-refractivity contribution in [2.24, 2.45) is 0 Å². The number of halogens is 3. The van der Waals surface area contributed by atoms with Crippen LogP contribution in [-0.4, -0.2) is 9.97 Å². The first-order valence-corrected chi connectivity index (χ1v) is 5.13. The van der Waals surface area contributed by atoms with Crippen molar-refractivity contribution in [1.82, 2.24) is 9.97 Å². The normalized spacial score (nSPS) is 11.6. The van der Waals surface area contributed by atoms with E-state index in [0.29, 0.717) is 5.56 Å². The van der Waals surface area contributed by atoms with Crippen molar-refractivity contribution in [1.29, 1.82) is 0 Å². The summed E-state index contributed by atoms with van der Waals surface area (Å²) in [5.41, 5.74) is 6.10. The molecule has 2 heterocycles. The molecule has 2 aromatic heterocycles. The van der Waals surface area contributed by atoms with E-state index in [1.165, 1.54) is 6.20 Å². The van der Waals surface area contributed by atoms with Gasteiger partial charge < -0.3 is 5.73 Å². The van der Waals surface area contributed by atoms with Crippen LogP contribution in [0.1, 0.15) is 11.1 Å². The topological polar surface area (TPSA) is 51.8 Å². The molecule has 94 valence electrons. The van der Waals surface area contributed by atoms with E-state index < -0.39 is 11.7 Å². The van der Waals surface area contributed by atoms with Gasteiger partial charge in [-0.2, -0.15) is 13.2 Å². The van der Waals surface area contributed by atoms with Crippen LogP contribution in [0.25, 0.3) is 11.3 Å². The number of aromatic nitrogens is 2. The SMILES string of the molecule is Cc1cncc(-c2cc(C(F)(F)F)cc(N)n2)c1. The third kappa shape index (κ3) is 2.58. The summed E-state index contributed by atoms with van der Waals surface area (Å²) >= 11 is 0. The first kappa shape index (κ1) is 12.3. The second kappa shape index (κ2) is 4.29. The van der Waals surface area contributed by atoms with Crippen LogP contribution in [0.2, 0.25) is 0 Å². The zero-order valence-electron chi connectivity index (χ0n) is 9.49. The van der Waals surface area contributed by atoms with E-state index >= 15 is 0 Å². The van der Waals surface area contributed by atoms with Gasteiger partial charge in [-0.1, -0.05) is 0 Å². The van der Waals surface area contributed by atoms with Crippen molar-refractivity contribution in [3.05, 3.63) is 41.7 Å². The fourth-order valence-electron chi connectivity index (χ4n) is 1.56. The lowest BCUT2D eigenvalue weighted by Crippen LogP contribution is -2.07. The van der Waals surface area contributed by atoms with E-state index in [1.807, 2.05) is 0 Å². The van der Waals surface area contributed by atoms with Gasteiger partial charge in [0.15, 0.2) is 0 Å². The Morgan fingerprint density at radius 3 is 2.44 bits per heavy atom. The van der Waals surface area contributed by atoms with Crippen LogP contribution in [0, 0.1) is 6.92 Å². The molecule has 2 N–H and O–H groups in total. The summed E-state index contributed by atoms with van der Waals surface area (Å²) < 4.78 is 37.9. The van der Waals surface area contributed by atoms with Gasteiger partial charge in [0, 0.05) is 18.0 Å². The molecule has 0 saturated carbocycles. The number of nitrogens with two attached hydrogens (primary N) is 1. The molecule has 0 atom stereocenters. The number of rotatable bonds is 1. The molecule has 18 heavy (non-hydrogen) atoms. The standard InChI is InChI=1S/C12H10F3N3/c1-7-2-8(6-17-5-7)10-3-9(12(13,14)15)4-11(16)18-10/h2-6H,1H3,(H2,16,18). The van der Waals surface area contributed by atoms with Gasteiger partial charge in [0.05, 0.1) is 11.3 Å². The minimum atomic E-state index is -4.44. The van der Waals surface area contributed by atoms with Gasteiger partial charge in [0.2, 0.25) is 0 Å². The molecule has 0 unspecified atom stereocenters. The lowest BCUT2D eigenvalue weighted by molar-refractivity contribution is -0.137. The summed E-state index contributed by atoms with van der Waals surface area (Å²) in [5.74, 6) is -0.165. The average molecular weight is 253 g/mol. The lowest BCUT2D eigenvalue weighted by atomic mass is 10.1. The smallest absolute Gasteiger partial charge is 0.384 e. The number of anilines is 1. The molecule has 0 bridgehead atoms. The van der Waals surface area contributed by atoms with Crippen LogP contribution in [0.3, 0.4) is 0 Å². The summed E-state index contributed by atoms with van der Waals surface area (Å²) in [6, 6.07) is 3.48. The molecule has 2 aromatic rings. The van der Waals surface area contributed by atoms with Gasteiger partial charge in [-0.3, -0.25) is 4.98 Å². The molecule has 3 nitrogen and oxygen atoms in total. The number of pyridine rings is 2. The van der Waals surface area contributed by atoms with Gasteiger partial charge in [0.25, 0.3) is 0 Å². The van der Waals surface area contributed by atoms with E-state index in [-0.39, 0.29) is 11.5 Å². The highest BCUT2D eigenvalue weighted by atomic mass is 19.4. The van der Waals surface area contributed by atoms with Crippen LogP contribution in [0.4, 0.5) is 19.0 Å². The summed E-state index contributed by atoms with van der Waals surface area (Å²) in [6.07, 6.45) is -1.38. The van der Waals surface area contributed by atoms with Crippen molar-refractivity contribution in [2.75, 3.05) is 5.73 Å². The monoisotopic (exact) mass is 253 g/mol. The zero-order valence-corrected chi connectivity index (χ0v) is 9.49. The van der Waals surface area contributed by atoms with Crippen LogP contribution in [-0.2, 0) is 6.18 Å². The van der Waals surface area contributed by atoms with Crippen LogP contribution in [0.15, 0.2) is 30.6 Å². The van der Waals surface area contributed by atoms with Gasteiger partial charge in [0.1, 0.15) is 5.82 Å². The summed E-state index contributed by atoms with van der Waals surface area (Å²) in [6.45, 7) is 1.80. The van der Waals surface area contributed by atoms with Crippen LogP contribution < -0.4 is 5.73 Å². The quantitative estimate of drug-likeness (QED) is 0.849. The largest absolute Gasteiger partial charge is 0.416 e. The molecule has 0 spiro atoms. The molecule has 0 fully saturated rings. The first-order chi connectivity index (χ1) is 8.36. The Kier molecular flexibility index (Phi) is 2.94. The van der Waals surface area contributed by atoms with Crippen LogP contribution >= 0.6 is 0 Å². The van der Waals surface area contributed by atoms with Gasteiger partial charge in [-0.15, -0.1) is 0 Å². The molecule has 6 heteroatoms.